The van der Waals surface area contributed by atoms with Crippen molar-refractivity contribution in [3.8, 4) is 5.75 Å². The Kier molecular flexibility index (Phi) is 7.10. The molecule has 4 rings (SSSR count). The lowest BCUT2D eigenvalue weighted by Crippen LogP contribution is -2.44. The van der Waals surface area contributed by atoms with Gasteiger partial charge >= 0.3 is 6.36 Å². The average Bonchev–Trinajstić information content (AvgIpc) is 2.79. The van der Waals surface area contributed by atoms with E-state index in [0.29, 0.717) is 38.0 Å². The number of benzene rings is 2. The monoisotopic (exact) mass is 525 g/mol. The van der Waals surface area contributed by atoms with Crippen molar-refractivity contribution in [2.24, 2.45) is 5.14 Å². The fourth-order valence-electron chi connectivity index (χ4n) is 4.64. The summed E-state index contributed by atoms with van der Waals surface area (Å²) in [4.78, 5) is 6.11. The fourth-order valence-corrected chi connectivity index (χ4v) is 5.57. The predicted molar refractivity (Wildman–Crippen MR) is 125 cm³/mol. The normalized spacial score (nSPS) is 16.7. The molecule has 6 nitrogen and oxygen atoms in total. The first-order valence-corrected chi connectivity index (χ1v) is 12.7. The maximum atomic E-state index is 13.0. The van der Waals surface area contributed by atoms with E-state index in [-0.39, 0.29) is 15.6 Å². The Morgan fingerprint density at radius 3 is 2.31 bits per heavy atom. The second-order valence-corrected chi connectivity index (χ2v) is 10.4. The minimum atomic E-state index is -4.94. The minimum Gasteiger partial charge on any atom is -0.406 e. The Morgan fingerprint density at radius 1 is 1.06 bits per heavy atom. The Bertz CT molecular complexity index is 1280. The van der Waals surface area contributed by atoms with Crippen LogP contribution in [0.1, 0.15) is 29.5 Å². The number of hydrogen-bond donors (Lipinski definition) is 1. The number of piperidine rings is 1. The van der Waals surface area contributed by atoms with Gasteiger partial charge in [0.15, 0.2) is 0 Å². The highest BCUT2D eigenvalue weighted by Crippen LogP contribution is 2.45. The van der Waals surface area contributed by atoms with Crippen molar-refractivity contribution in [2.75, 3.05) is 13.1 Å². The zero-order valence-electron chi connectivity index (χ0n) is 18.5. The lowest BCUT2D eigenvalue weighted by Gasteiger charge is -2.43. The number of nitrogens with two attached hydrogens (primary N) is 1. The number of ether oxygens (including phenoxy) is 1. The molecule has 0 unspecified atom stereocenters. The average molecular weight is 526 g/mol. The van der Waals surface area contributed by atoms with Gasteiger partial charge in [0.2, 0.25) is 10.0 Å². The van der Waals surface area contributed by atoms with Gasteiger partial charge in [0.05, 0.1) is 4.90 Å². The van der Waals surface area contributed by atoms with Crippen LogP contribution >= 0.6 is 11.6 Å². The first kappa shape index (κ1) is 25.4. The summed E-state index contributed by atoms with van der Waals surface area (Å²) in [6.07, 6.45) is -2.57. The van der Waals surface area contributed by atoms with E-state index >= 15 is 0 Å². The molecule has 2 heterocycles. The van der Waals surface area contributed by atoms with Gasteiger partial charge in [-0.2, -0.15) is 0 Å². The molecule has 1 aliphatic rings. The number of halogens is 4. The summed E-state index contributed by atoms with van der Waals surface area (Å²) in [5.41, 5.74) is 0.928. The molecule has 11 heteroatoms. The molecule has 2 aromatic carbocycles. The highest BCUT2D eigenvalue weighted by molar-refractivity contribution is 7.89. The molecule has 186 valence electrons. The Hall–Kier alpha value is -2.66. The van der Waals surface area contributed by atoms with Crippen molar-refractivity contribution in [1.82, 2.24) is 9.88 Å². The third-order valence-electron chi connectivity index (χ3n) is 6.25. The van der Waals surface area contributed by atoms with Crippen LogP contribution in [0, 0.1) is 0 Å². The SMILES string of the molecule is NS(=O)(=O)c1ccc(OC(F)(F)F)cc1C1(c2ccc(Cl)nc2)CCN(Cc2ccccc2)CC1. The third-order valence-corrected chi connectivity index (χ3v) is 7.44. The third kappa shape index (κ3) is 5.95. The second-order valence-electron chi connectivity index (χ2n) is 8.46. The van der Waals surface area contributed by atoms with Crippen LogP contribution in [-0.2, 0) is 22.0 Å². The maximum Gasteiger partial charge on any atom is 0.573 e. The maximum absolute atomic E-state index is 13.0. The van der Waals surface area contributed by atoms with Gasteiger partial charge in [-0.05, 0) is 66.9 Å². The quantitative estimate of drug-likeness (QED) is 0.464. The van der Waals surface area contributed by atoms with Gasteiger partial charge in [-0.1, -0.05) is 48.0 Å². The number of pyridine rings is 1. The van der Waals surface area contributed by atoms with Crippen LogP contribution in [0.3, 0.4) is 0 Å². The Balaban J connectivity index is 1.79. The van der Waals surface area contributed by atoms with Gasteiger partial charge in [0, 0.05) is 18.2 Å². The van der Waals surface area contributed by atoms with Crippen LogP contribution in [0.5, 0.6) is 5.75 Å². The summed E-state index contributed by atoms with van der Waals surface area (Å²) in [5, 5.41) is 5.74. The van der Waals surface area contributed by atoms with Crippen LogP contribution in [0.15, 0.2) is 71.8 Å². The van der Waals surface area contributed by atoms with Crippen molar-refractivity contribution in [2.45, 2.75) is 36.1 Å². The van der Waals surface area contributed by atoms with Crippen molar-refractivity contribution >= 4 is 21.6 Å². The van der Waals surface area contributed by atoms with E-state index in [2.05, 4.69) is 14.6 Å². The predicted octanol–water partition coefficient (Wildman–Crippen LogP) is 4.86. The molecule has 35 heavy (non-hydrogen) atoms. The van der Waals surface area contributed by atoms with Crippen LogP contribution < -0.4 is 9.88 Å². The molecule has 0 amide bonds. The number of aromatic nitrogens is 1. The van der Waals surface area contributed by atoms with E-state index in [1.807, 2.05) is 30.3 Å². The highest BCUT2D eigenvalue weighted by Gasteiger charge is 2.42. The van der Waals surface area contributed by atoms with Gasteiger partial charge in [0.1, 0.15) is 10.9 Å². The zero-order chi connectivity index (χ0) is 25.3. The molecule has 1 aromatic heterocycles. The summed E-state index contributed by atoms with van der Waals surface area (Å²) in [6, 6.07) is 16.3. The van der Waals surface area contributed by atoms with Crippen molar-refractivity contribution in [1.29, 1.82) is 0 Å². The first-order chi connectivity index (χ1) is 16.5. The Labute approximate surface area is 206 Å². The lowest BCUT2D eigenvalue weighted by molar-refractivity contribution is -0.274. The summed E-state index contributed by atoms with van der Waals surface area (Å²) < 4.78 is 68.0. The molecular formula is C24H23ClF3N3O3S. The molecular weight excluding hydrogens is 503 g/mol. The lowest BCUT2D eigenvalue weighted by atomic mass is 9.68. The number of rotatable bonds is 6. The first-order valence-electron chi connectivity index (χ1n) is 10.8. The molecule has 0 bridgehead atoms. The van der Waals surface area contributed by atoms with E-state index in [1.165, 1.54) is 6.20 Å². The van der Waals surface area contributed by atoms with Gasteiger partial charge in [0.25, 0.3) is 0 Å². The molecule has 1 saturated heterocycles. The van der Waals surface area contributed by atoms with Gasteiger partial charge in [-0.15, -0.1) is 13.2 Å². The Morgan fingerprint density at radius 2 is 1.74 bits per heavy atom. The smallest absolute Gasteiger partial charge is 0.406 e. The van der Waals surface area contributed by atoms with Gasteiger partial charge in [-0.3, -0.25) is 4.90 Å². The number of alkyl halides is 3. The fraction of sp³-hybridized carbons (Fsp3) is 0.292. The molecule has 3 aromatic rings. The molecule has 0 spiro atoms. The van der Waals surface area contributed by atoms with Gasteiger partial charge in [-0.25, -0.2) is 18.5 Å². The largest absolute Gasteiger partial charge is 0.573 e. The highest BCUT2D eigenvalue weighted by atomic mass is 35.5. The van der Waals surface area contributed by atoms with E-state index in [4.69, 9.17) is 16.7 Å². The van der Waals surface area contributed by atoms with Crippen LogP contribution in [-0.4, -0.2) is 37.8 Å². The van der Waals surface area contributed by atoms with E-state index < -0.39 is 27.6 Å². The number of hydrogen-bond acceptors (Lipinski definition) is 5. The van der Waals surface area contributed by atoms with Crippen LogP contribution in [0.4, 0.5) is 13.2 Å². The summed E-state index contributed by atoms with van der Waals surface area (Å²) in [7, 11) is -4.26. The summed E-state index contributed by atoms with van der Waals surface area (Å²) >= 11 is 5.98. The molecule has 0 radical (unpaired) electrons. The number of likely N-dealkylation sites (tertiary alicyclic amines) is 1. The van der Waals surface area contributed by atoms with E-state index in [9.17, 15) is 21.6 Å². The molecule has 1 fully saturated rings. The molecule has 1 aliphatic heterocycles. The van der Waals surface area contributed by atoms with Crippen molar-refractivity contribution in [3.63, 3.8) is 0 Å². The molecule has 0 aliphatic carbocycles. The van der Waals surface area contributed by atoms with E-state index in [0.717, 1.165) is 23.8 Å². The van der Waals surface area contributed by atoms with E-state index in [1.54, 1.807) is 12.1 Å². The van der Waals surface area contributed by atoms with Crippen molar-refractivity contribution in [3.05, 3.63) is 88.7 Å². The topological polar surface area (TPSA) is 85.5 Å². The van der Waals surface area contributed by atoms with Crippen LogP contribution in [0.2, 0.25) is 5.15 Å². The second kappa shape index (κ2) is 9.77. The summed E-state index contributed by atoms with van der Waals surface area (Å²) in [6.45, 7) is 1.81. The summed E-state index contributed by atoms with van der Waals surface area (Å²) in [5.74, 6) is -0.520. The number of sulfonamides is 1. The minimum absolute atomic E-state index is 0.144. The van der Waals surface area contributed by atoms with Crippen molar-refractivity contribution < 1.29 is 26.3 Å². The van der Waals surface area contributed by atoms with Gasteiger partial charge < -0.3 is 4.74 Å². The standard InChI is InChI=1S/C24H23ClF3N3O3S/c25-22-9-6-18(15-30-22)23(10-12-31(13-11-23)16-17-4-2-1-3-5-17)20-14-19(34-24(26,27)28)7-8-21(20)35(29,32)33/h1-9,14-15H,10-13,16H2,(H2,29,32,33). The molecule has 0 atom stereocenters. The van der Waals surface area contributed by atoms with Crippen LogP contribution in [0.25, 0.3) is 0 Å². The number of nitrogens with zero attached hydrogens (tertiary/aromatic N) is 2. The number of primary sulfonamides is 1. The molecule has 0 saturated carbocycles. The molecule has 2 N–H and O–H groups in total. The zero-order valence-corrected chi connectivity index (χ0v) is 20.1.